The zero-order valence-corrected chi connectivity index (χ0v) is 13.6. The molecule has 22 heavy (non-hydrogen) atoms. The van der Waals surface area contributed by atoms with Crippen LogP contribution in [-0.4, -0.2) is 10.5 Å². The van der Waals surface area contributed by atoms with E-state index in [0.29, 0.717) is 5.56 Å². The molecule has 0 atom stereocenters. The highest BCUT2D eigenvalue weighted by molar-refractivity contribution is 7.73. The van der Waals surface area contributed by atoms with E-state index in [9.17, 15) is 4.79 Å². The molecule has 1 amide bonds. The van der Waals surface area contributed by atoms with E-state index in [4.69, 9.17) is 12.2 Å². The van der Waals surface area contributed by atoms with E-state index in [2.05, 4.69) is 5.32 Å². The molecule has 1 heterocycles. The second-order valence-electron chi connectivity index (χ2n) is 4.82. The molecular weight excluding hydrogens is 312 g/mol. The smallest absolute Gasteiger partial charge is 0.255 e. The molecular formula is C17H14N2OS2. The molecule has 0 bridgehead atoms. The Morgan fingerprint density at radius 3 is 2.45 bits per heavy atom. The Kier molecular flexibility index (Phi) is 4.18. The third-order valence-electron chi connectivity index (χ3n) is 3.29. The van der Waals surface area contributed by atoms with Gasteiger partial charge in [-0.25, -0.2) is 0 Å². The molecule has 1 aromatic heterocycles. The largest absolute Gasteiger partial charge is 0.320 e. The molecule has 3 aromatic rings. The molecule has 5 heteroatoms. The number of para-hydroxylation sites is 2. The Morgan fingerprint density at radius 1 is 1.09 bits per heavy atom. The molecule has 1 N–H and O–H groups in total. The summed E-state index contributed by atoms with van der Waals surface area (Å²) < 4.78 is 2.74. The summed E-state index contributed by atoms with van der Waals surface area (Å²) in [5, 5.41) is 4.98. The molecule has 2 aromatic carbocycles. The van der Waals surface area contributed by atoms with Crippen LogP contribution in [0.25, 0.3) is 5.69 Å². The molecule has 3 rings (SSSR count). The van der Waals surface area contributed by atoms with Crippen molar-refractivity contribution in [2.24, 2.45) is 0 Å². The standard InChI is InChI=1S/C17H14N2OS2/c1-12-11-22-17(21)19(12)15-10-6-5-9-14(15)18-16(20)13-7-3-2-4-8-13/h2-11H,1H3,(H,18,20). The second kappa shape index (κ2) is 6.25. The van der Waals surface area contributed by atoms with Gasteiger partial charge in [-0.3, -0.25) is 9.36 Å². The molecule has 0 saturated heterocycles. The summed E-state index contributed by atoms with van der Waals surface area (Å²) in [5.41, 5.74) is 3.31. The average Bonchev–Trinajstić information content (AvgIpc) is 2.88. The molecule has 0 unspecified atom stereocenters. The first kappa shape index (κ1) is 14.7. The summed E-state index contributed by atoms with van der Waals surface area (Å²) in [5.74, 6) is -0.132. The van der Waals surface area contributed by atoms with Crippen LogP contribution >= 0.6 is 23.6 Å². The number of carbonyl (C=O) groups is 1. The third kappa shape index (κ3) is 2.86. The fourth-order valence-corrected chi connectivity index (χ4v) is 3.34. The summed E-state index contributed by atoms with van der Waals surface area (Å²) in [6.45, 7) is 2.00. The fourth-order valence-electron chi connectivity index (χ4n) is 2.23. The van der Waals surface area contributed by atoms with Crippen molar-refractivity contribution in [3.05, 3.63) is 75.2 Å². The van der Waals surface area contributed by atoms with Gasteiger partial charge in [0.05, 0.1) is 11.4 Å². The zero-order chi connectivity index (χ0) is 15.5. The molecule has 110 valence electrons. The van der Waals surface area contributed by atoms with E-state index in [-0.39, 0.29) is 5.91 Å². The number of benzene rings is 2. The normalized spacial score (nSPS) is 10.4. The maximum atomic E-state index is 12.4. The number of nitrogens with one attached hydrogen (secondary N) is 1. The van der Waals surface area contributed by atoms with E-state index in [1.165, 1.54) is 11.3 Å². The van der Waals surface area contributed by atoms with Crippen LogP contribution in [0.15, 0.2) is 60.0 Å². The number of aromatic nitrogens is 1. The van der Waals surface area contributed by atoms with Gasteiger partial charge < -0.3 is 5.32 Å². The average molecular weight is 326 g/mol. The summed E-state index contributed by atoms with van der Waals surface area (Å²) in [6.07, 6.45) is 0. The van der Waals surface area contributed by atoms with Gasteiger partial charge in [-0.1, -0.05) is 30.3 Å². The minimum Gasteiger partial charge on any atom is -0.320 e. The molecule has 0 aliphatic heterocycles. The van der Waals surface area contributed by atoms with Crippen molar-refractivity contribution in [2.45, 2.75) is 6.92 Å². The predicted molar refractivity (Wildman–Crippen MR) is 93.6 cm³/mol. The predicted octanol–water partition coefficient (Wildman–Crippen LogP) is 4.83. The second-order valence-corrected chi connectivity index (χ2v) is 6.32. The Bertz CT molecular complexity index is 866. The van der Waals surface area contributed by atoms with Crippen LogP contribution in [-0.2, 0) is 0 Å². The van der Waals surface area contributed by atoms with Crippen LogP contribution in [0.1, 0.15) is 16.1 Å². The minimum absolute atomic E-state index is 0.132. The number of thiazole rings is 1. The van der Waals surface area contributed by atoms with E-state index < -0.39 is 0 Å². The zero-order valence-electron chi connectivity index (χ0n) is 11.9. The summed E-state index contributed by atoms with van der Waals surface area (Å²) in [4.78, 5) is 12.4. The maximum absolute atomic E-state index is 12.4. The third-order valence-corrected chi connectivity index (χ3v) is 4.61. The van der Waals surface area contributed by atoms with Crippen LogP contribution < -0.4 is 5.32 Å². The number of nitrogens with zero attached hydrogens (tertiary/aromatic N) is 1. The van der Waals surface area contributed by atoms with E-state index in [0.717, 1.165) is 21.0 Å². The number of carbonyl (C=O) groups excluding carboxylic acids is 1. The number of anilines is 1. The molecule has 0 saturated carbocycles. The van der Waals surface area contributed by atoms with E-state index in [1.807, 2.05) is 59.3 Å². The lowest BCUT2D eigenvalue weighted by Gasteiger charge is -2.13. The van der Waals surface area contributed by atoms with Gasteiger partial charge in [0, 0.05) is 16.6 Å². The summed E-state index contributed by atoms with van der Waals surface area (Å²) in [7, 11) is 0. The van der Waals surface area contributed by atoms with Crippen molar-refractivity contribution in [3.63, 3.8) is 0 Å². The van der Waals surface area contributed by atoms with Crippen molar-refractivity contribution in [1.82, 2.24) is 4.57 Å². The van der Waals surface area contributed by atoms with Gasteiger partial charge in [0.25, 0.3) is 5.91 Å². The highest BCUT2D eigenvalue weighted by Crippen LogP contribution is 2.25. The lowest BCUT2D eigenvalue weighted by Crippen LogP contribution is -2.14. The van der Waals surface area contributed by atoms with Gasteiger partial charge in [0.1, 0.15) is 0 Å². The van der Waals surface area contributed by atoms with E-state index >= 15 is 0 Å². The Hall–Kier alpha value is -2.24. The molecule has 0 radical (unpaired) electrons. The SMILES string of the molecule is Cc1csc(=S)n1-c1ccccc1NC(=O)c1ccccc1. The summed E-state index contributed by atoms with van der Waals surface area (Å²) in [6, 6.07) is 16.8. The first-order valence-corrected chi connectivity index (χ1v) is 8.08. The van der Waals surface area contributed by atoms with Gasteiger partial charge >= 0.3 is 0 Å². The number of hydrogen-bond donors (Lipinski definition) is 1. The lowest BCUT2D eigenvalue weighted by molar-refractivity contribution is 0.102. The highest BCUT2D eigenvalue weighted by atomic mass is 32.1. The first-order valence-electron chi connectivity index (χ1n) is 6.80. The monoisotopic (exact) mass is 326 g/mol. The van der Waals surface area contributed by atoms with Gasteiger partial charge in [-0.2, -0.15) is 0 Å². The Labute approximate surface area is 137 Å². The fraction of sp³-hybridized carbons (Fsp3) is 0.0588. The Morgan fingerprint density at radius 2 is 1.77 bits per heavy atom. The molecule has 3 nitrogen and oxygen atoms in total. The number of aryl methyl sites for hydroxylation is 1. The maximum Gasteiger partial charge on any atom is 0.255 e. The van der Waals surface area contributed by atoms with Crippen LogP contribution in [0.4, 0.5) is 5.69 Å². The minimum atomic E-state index is -0.132. The van der Waals surface area contributed by atoms with Crippen LogP contribution in [0.2, 0.25) is 0 Å². The van der Waals surface area contributed by atoms with Crippen LogP contribution in [0.5, 0.6) is 0 Å². The van der Waals surface area contributed by atoms with Crippen molar-refractivity contribution in [1.29, 1.82) is 0 Å². The molecule has 0 spiro atoms. The quantitative estimate of drug-likeness (QED) is 0.700. The molecule has 0 aliphatic carbocycles. The van der Waals surface area contributed by atoms with Crippen molar-refractivity contribution in [3.8, 4) is 5.69 Å². The molecule has 0 aliphatic rings. The Balaban J connectivity index is 2.00. The van der Waals surface area contributed by atoms with E-state index in [1.54, 1.807) is 12.1 Å². The van der Waals surface area contributed by atoms with Crippen LogP contribution in [0, 0.1) is 10.9 Å². The number of hydrogen-bond acceptors (Lipinski definition) is 3. The molecule has 0 fully saturated rings. The topological polar surface area (TPSA) is 34.0 Å². The van der Waals surface area contributed by atoms with Crippen molar-refractivity contribution >= 4 is 35.1 Å². The van der Waals surface area contributed by atoms with Crippen molar-refractivity contribution in [2.75, 3.05) is 5.32 Å². The van der Waals surface area contributed by atoms with Crippen LogP contribution in [0.3, 0.4) is 0 Å². The van der Waals surface area contributed by atoms with Gasteiger partial charge in [-0.15, -0.1) is 11.3 Å². The van der Waals surface area contributed by atoms with Crippen molar-refractivity contribution < 1.29 is 4.79 Å². The number of rotatable bonds is 3. The van der Waals surface area contributed by atoms with Gasteiger partial charge in [-0.05, 0) is 43.4 Å². The number of amides is 1. The summed E-state index contributed by atoms with van der Waals surface area (Å²) >= 11 is 6.91. The van der Waals surface area contributed by atoms with Gasteiger partial charge in [0.15, 0.2) is 3.95 Å². The lowest BCUT2D eigenvalue weighted by atomic mass is 10.2. The highest BCUT2D eigenvalue weighted by Gasteiger charge is 2.11. The van der Waals surface area contributed by atoms with Gasteiger partial charge in [0.2, 0.25) is 0 Å². The first-order chi connectivity index (χ1) is 10.7.